The Hall–Kier alpha value is -3.20. The van der Waals surface area contributed by atoms with E-state index in [-0.39, 0.29) is 5.56 Å². The highest BCUT2D eigenvalue weighted by Gasteiger charge is 2.23. The number of nitro groups is 2. The molecule has 0 unspecified atom stereocenters. The molecule has 0 saturated carbocycles. The lowest BCUT2D eigenvalue weighted by Crippen LogP contribution is -1.98. The van der Waals surface area contributed by atoms with Crippen LogP contribution < -0.4 is 5.43 Å². The number of hydrogen-bond donors (Lipinski definition) is 2. The number of rotatable bonds is 5. The number of aromatic hydroxyl groups is 1. The van der Waals surface area contributed by atoms with Gasteiger partial charge in [-0.1, -0.05) is 23.7 Å². The fraction of sp³-hybridized carbons (Fsp3) is 0. The van der Waals surface area contributed by atoms with E-state index in [1.165, 1.54) is 0 Å². The SMILES string of the molecule is O=[N+]([O-])c1cc(/C=N/Nc2ccccc2Cl)c(O)c([N+](=O)[O-])c1. The normalized spacial score (nSPS) is 10.7. The van der Waals surface area contributed by atoms with Crippen LogP contribution in [-0.4, -0.2) is 21.2 Å². The molecule has 23 heavy (non-hydrogen) atoms. The molecule has 0 bridgehead atoms. The Labute approximate surface area is 134 Å². The topological polar surface area (TPSA) is 131 Å². The second-order valence-corrected chi connectivity index (χ2v) is 4.67. The monoisotopic (exact) mass is 336 g/mol. The van der Waals surface area contributed by atoms with Crippen LogP contribution in [0.4, 0.5) is 17.1 Å². The molecule has 2 aromatic rings. The Balaban J connectivity index is 2.35. The van der Waals surface area contributed by atoms with Crippen LogP contribution in [0.1, 0.15) is 5.56 Å². The largest absolute Gasteiger partial charge is 0.502 e. The zero-order chi connectivity index (χ0) is 17.0. The lowest BCUT2D eigenvalue weighted by Gasteiger charge is -2.03. The zero-order valence-corrected chi connectivity index (χ0v) is 12.1. The number of halogens is 1. The summed E-state index contributed by atoms with van der Waals surface area (Å²) in [6.45, 7) is 0. The number of para-hydroxylation sites is 1. The number of anilines is 1. The van der Waals surface area contributed by atoms with Gasteiger partial charge in [0.1, 0.15) is 0 Å². The molecular formula is C13H9ClN4O5. The van der Waals surface area contributed by atoms with E-state index >= 15 is 0 Å². The van der Waals surface area contributed by atoms with Crippen molar-refractivity contribution >= 4 is 34.9 Å². The van der Waals surface area contributed by atoms with Crippen molar-refractivity contribution in [2.24, 2.45) is 5.10 Å². The molecule has 0 aliphatic rings. The maximum absolute atomic E-state index is 10.8. The number of benzene rings is 2. The second kappa shape index (κ2) is 6.71. The summed E-state index contributed by atoms with van der Waals surface area (Å²) in [5, 5.41) is 35.6. The van der Waals surface area contributed by atoms with Gasteiger partial charge in [-0.15, -0.1) is 0 Å². The number of hydrogen-bond acceptors (Lipinski definition) is 7. The number of phenolic OH excluding ortho intramolecular Hbond substituents is 1. The summed E-state index contributed by atoms with van der Waals surface area (Å²) in [5.74, 6) is -0.717. The van der Waals surface area contributed by atoms with Gasteiger partial charge in [-0.25, -0.2) is 0 Å². The van der Waals surface area contributed by atoms with Gasteiger partial charge in [0.05, 0.1) is 38.4 Å². The minimum atomic E-state index is -0.916. The average Bonchev–Trinajstić information content (AvgIpc) is 2.50. The molecule has 0 atom stereocenters. The number of nitrogens with zero attached hydrogens (tertiary/aromatic N) is 3. The third-order valence-electron chi connectivity index (χ3n) is 2.77. The number of nitro benzene ring substituents is 2. The summed E-state index contributed by atoms with van der Waals surface area (Å²) in [5.41, 5.74) is 1.55. The van der Waals surface area contributed by atoms with E-state index in [1.54, 1.807) is 24.3 Å². The first kappa shape index (κ1) is 16.2. The molecule has 0 heterocycles. The van der Waals surface area contributed by atoms with Crippen molar-refractivity contribution < 1.29 is 15.0 Å². The van der Waals surface area contributed by atoms with Gasteiger partial charge in [-0.05, 0) is 12.1 Å². The van der Waals surface area contributed by atoms with Crippen molar-refractivity contribution in [1.82, 2.24) is 0 Å². The molecule has 0 aliphatic carbocycles. The van der Waals surface area contributed by atoms with E-state index in [4.69, 9.17) is 11.6 Å². The Morgan fingerprint density at radius 1 is 1.17 bits per heavy atom. The van der Waals surface area contributed by atoms with Crippen molar-refractivity contribution in [1.29, 1.82) is 0 Å². The van der Waals surface area contributed by atoms with Crippen LogP contribution in [0.5, 0.6) is 5.75 Å². The van der Waals surface area contributed by atoms with Gasteiger partial charge in [-0.2, -0.15) is 5.10 Å². The summed E-state index contributed by atoms with van der Waals surface area (Å²) in [6.07, 6.45) is 1.03. The average molecular weight is 337 g/mol. The van der Waals surface area contributed by atoms with Crippen LogP contribution in [0.25, 0.3) is 0 Å². The predicted octanol–water partition coefficient (Wildman–Crippen LogP) is 3.31. The highest BCUT2D eigenvalue weighted by molar-refractivity contribution is 6.33. The van der Waals surface area contributed by atoms with Crippen LogP contribution in [0.2, 0.25) is 5.02 Å². The van der Waals surface area contributed by atoms with Gasteiger partial charge in [-0.3, -0.25) is 25.7 Å². The Bertz CT molecular complexity index is 809. The molecule has 9 nitrogen and oxygen atoms in total. The van der Waals surface area contributed by atoms with Crippen molar-refractivity contribution in [2.45, 2.75) is 0 Å². The number of phenols is 1. The molecule has 2 N–H and O–H groups in total. The van der Waals surface area contributed by atoms with Gasteiger partial charge in [0.15, 0.2) is 0 Å². The number of nitrogens with one attached hydrogen (secondary N) is 1. The second-order valence-electron chi connectivity index (χ2n) is 4.27. The molecular weight excluding hydrogens is 328 g/mol. The van der Waals surface area contributed by atoms with Gasteiger partial charge in [0.2, 0.25) is 5.75 Å². The van der Waals surface area contributed by atoms with Gasteiger partial charge in [0.25, 0.3) is 5.69 Å². The van der Waals surface area contributed by atoms with E-state index in [1.807, 2.05) is 0 Å². The van der Waals surface area contributed by atoms with Crippen LogP contribution in [0.3, 0.4) is 0 Å². The minimum Gasteiger partial charge on any atom is -0.502 e. The number of hydrazone groups is 1. The van der Waals surface area contributed by atoms with Gasteiger partial charge >= 0.3 is 5.69 Å². The summed E-state index contributed by atoms with van der Waals surface area (Å²) in [7, 11) is 0. The zero-order valence-electron chi connectivity index (χ0n) is 11.3. The van der Waals surface area contributed by atoms with Crippen LogP contribution in [-0.2, 0) is 0 Å². The summed E-state index contributed by atoms with van der Waals surface area (Å²) in [6, 6.07) is 8.32. The third-order valence-corrected chi connectivity index (χ3v) is 3.10. The molecule has 0 aromatic heterocycles. The molecule has 0 radical (unpaired) electrons. The molecule has 0 saturated heterocycles. The first-order valence-electron chi connectivity index (χ1n) is 6.09. The fourth-order valence-corrected chi connectivity index (χ4v) is 1.87. The predicted molar refractivity (Wildman–Crippen MR) is 84.1 cm³/mol. The Morgan fingerprint density at radius 2 is 1.87 bits per heavy atom. The highest BCUT2D eigenvalue weighted by atomic mass is 35.5. The minimum absolute atomic E-state index is 0.176. The van der Waals surface area contributed by atoms with E-state index < -0.39 is 27.0 Å². The summed E-state index contributed by atoms with van der Waals surface area (Å²) < 4.78 is 0. The molecule has 0 fully saturated rings. The maximum Gasteiger partial charge on any atom is 0.318 e. The third kappa shape index (κ3) is 3.71. The molecule has 2 rings (SSSR count). The standard InChI is InChI=1S/C13H9ClN4O5/c14-10-3-1-2-4-11(10)16-15-7-8-5-9(17(20)21)6-12(13(8)19)18(22)23/h1-7,16,19H/b15-7+. The summed E-state index contributed by atoms with van der Waals surface area (Å²) in [4.78, 5) is 19.9. The first-order chi connectivity index (χ1) is 10.9. The molecule has 118 valence electrons. The van der Waals surface area contributed by atoms with Crippen LogP contribution in [0.15, 0.2) is 41.5 Å². The molecule has 0 spiro atoms. The van der Waals surface area contributed by atoms with Crippen LogP contribution in [0, 0.1) is 20.2 Å². The quantitative estimate of drug-likeness (QED) is 0.489. The van der Waals surface area contributed by atoms with E-state index in [9.17, 15) is 25.3 Å². The van der Waals surface area contributed by atoms with Crippen LogP contribution >= 0.6 is 11.6 Å². The van der Waals surface area contributed by atoms with Crippen molar-refractivity contribution in [3.05, 3.63) is 67.2 Å². The van der Waals surface area contributed by atoms with E-state index in [0.717, 1.165) is 12.3 Å². The maximum atomic E-state index is 10.8. The van der Waals surface area contributed by atoms with Gasteiger partial charge in [0, 0.05) is 6.07 Å². The molecule has 0 amide bonds. The number of non-ortho nitro benzene ring substituents is 1. The molecule has 10 heteroatoms. The lowest BCUT2D eigenvalue weighted by molar-refractivity contribution is -0.394. The smallest absolute Gasteiger partial charge is 0.318 e. The summed E-state index contributed by atoms with van der Waals surface area (Å²) >= 11 is 5.91. The van der Waals surface area contributed by atoms with Crippen molar-refractivity contribution in [3.63, 3.8) is 0 Å². The van der Waals surface area contributed by atoms with Crippen molar-refractivity contribution in [2.75, 3.05) is 5.43 Å². The molecule has 2 aromatic carbocycles. The van der Waals surface area contributed by atoms with E-state index in [2.05, 4.69) is 10.5 Å². The Morgan fingerprint density at radius 3 is 2.48 bits per heavy atom. The highest BCUT2D eigenvalue weighted by Crippen LogP contribution is 2.33. The fourth-order valence-electron chi connectivity index (χ4n) is 1.69. The lowest BCUT2D eigenvalue weighted by atomic mass is 10.1. The first-order valence-corrected chi connectivity index (χ1v) is 6.47. The van der Waals surface area contributed by atoms with E-state index in [0.29, 0.717) is 16.8 Å². The Kier molecular flexibility index (Phi) is 4.72. The molecule has 0 aliphatic heterocycles. The van der Waals surface area contributed by atoms with Crippen molar-refractivity contribution in [3.8, 4) is 5.75 Å². The van der Waals surface area contributed by atoms with Gasteiger partial charge < -0.3 is 5.11 Å².